The summed E-state index contributed by atoms with van der Waals surface area (Å²) in [5.41, 5.74) is 4.12. The summed E-state index contributed by atoms with van der Waals surface area (Å²) in [6, 6.07) is 20.5. The topological polar surface area (TPSA) is 12.0 Å². The Labute approximate surface area is 128 Å². The summed E-state index contributed by atoms with van der Waals surface area (Å²) in [6.07, 6.45) is 5.22. The van der Waals surface area contributed by atoms with Gasteiger partial charge in [-0.05, 0) is 48.4 Å². The first-order valence-corrected chi connectivity index (χ1v) is 8.27. The molecular formula is C20H25N. The summed E-state index contributed by atoms with van der Waals surface area (Å²) in [6.45, 7) is 3.38. The molecule has 2 unspecified atom stereocenters. The van der Waals surface area contributed by atoms with Crippen molar-refractivity contribution in [3.8, 4) is 11.1 Å². The maximum atomic E-state index is 3.73. The minimum atomic E-state index is 0.674. The molecule has 1 saturated carbocycles. The molecule has 2 aromatic carbocycles. The predicted octanol–water partition coefficient (Wildman–Crippen LogP) is 4.99. The molecule has 1 heteroatoms. The summed E-state index contributed by atoms with van der Waals surface area (Å²) in [4.78, 5) is 0. The molecule has 1 N–H and O–H groups in total. The van der Waals surface area contributed by atoms with Crippen LogP contribution in [0.2, 0.25) is 0 Å². The Morgan fingerprint density at radius 3 is 2.33 bits per heavy atom. The van der Waals surface area contributed by atoms with Crippen molar-refractivity contribution in [1.82, 2.24) is 5.32 Å². The smallest absolute Gasteiger partial charge is 0.0136 e. The van der Waals surface area contributed by atoms with Gasteiger partial charge >= 0.3 is 0 Å². The predicted molar refractivity (Wildman–Crippen MR) is 90.6 cm³/mol. The molecule has 1 fully saturated rings. The van der Waals surface area contributed by atoms with Crippen LogP contribution in [0.25, 0.3) is 11.1 Å². The molecule has 3 rings (SSSR count). The molecule has 0 saturated heterocycles. The van der Waals surface area contributed by atoms with Crippen LogP contribution < -0.4 is 5.32 Å². The second-order valence-electron chi connectivity index (χ2n) is 6.09. The molecule has 2 aromatic rings. The maximum Gasteiger partial charge on any atom is 0.0136 e. The molecule has 0 aromatic heterocycles. The van der Waals surface area contributed by atoms with Gasteiger partial charge in [-0.1, -0.05) is 67.9 Å². The Kier molecular flexibility index (Phi) is 4.72. The third-order valence-corrected chi connectivity index (χ3v) is 4.62. The molecule has 2 atom stereocenters. The van der Waals surface area contributed by atoms with Gasteiger partial charge in [0.1, 0.15) is 0 Å². The first kappa shape index (κ1) is 14.3. The van der Waals surface area contributed by atoms with Crippen molar-refractivity contribution in [1.29, 1.82) is 0 Å². The number of rotatable bonds is 5. The molecule has 0 spiro atoms. The fourth-order valence-electron chi connectivity index (χ4n) is 3.49. The lowest BCUT2D eigenvalue weighted by Crippen LogP contribution is -2.31. The molecule has 1 aliphatic carbocycles. The van der Waals surface area contributed by atoms with E-state index < -0.39 is 0 Å². The van der Waals surface area contributed by atoms with Gasteiger partial charge in [0, 0.05) is 6.04 Å². The molecule has 0 radical (unpaired) electrons. The zero-order valence-corrected chi connectivity index (χ0v) is 12.9. The standard InChI is InChI=1S/C20H25N/c1-2-15-21-20-10-6-9-19(20)18-13-11-17(12-14-18)16-7-4-3-5-8-16/h3-5,7-8,11-14,19-21H,2,6,9-10,15H2,1H3. The highest BCUT2D eigenvalue weighted by Crippen LogP contribution is 2.35. The molecule has 0 bridgehead atoms. The van der Waals surface area contributed by atoms with Gasteiger partial charge in [-0.25, -0.2) is 0 Å². The molecule has 0 heterocycles. The first-order chi connectivity index (χ1) is 10.4. The number of hydrogen-bond donors (Lipinski definition) is 1. The van der Waals surface area contributed by atoms with Gasteiger partial charge in [0.15, 0.2) is 0 Å². The Morgan fingerprint density at radius 2 is 1.62 bits per heavy atom. The van der Waals surface area contributed by atoms with Gasteiger partial charge in [-0.3, -0.25) is 0 Å². The zero-order chi connectivity index (χ0) is 14.5. The number of hydrogen-bond acceptors (Lipinski definition) is 1. The van der Waals surface area contributed by atoms with E-state index >= 15 is 0 Å². The minimum Gasteiger partial charge on any atom is -0.313 e. The summed E-state index contributed by atoms with van der Waals surface area (Å²) in [5, 5.41) is 3.73. The molecule has 0 aliphatic heterocycles. The van der Waals surface area contributed by atoms with Crippen LogP contribution in [0.5, 0.6) is 0 Å². The summed E-state index contributed by atoms with van der Waals surface area (Å²) >= 11 is 0. The maximum absolute atomic E-state index is 3.73. The lowest BCUT2D eigenvalue weighted by molar-refractivity contribution is 0.479. The van der Waals surface area contributed by atoms with Crippen LogP contribution >= 0.6 is 0 Å². The molecular weight excluding hydrogens is 254 g/mol. The Balaban J connectivity index is 1.74. The van der Waals surface area contributed by atoms with E-state index in [9.17, 15) is 0 Å². The van der Waals surface area contributed by atoms with E-state index in [1.54, 1.807) is 0 Å². The Hall–Kier alpha value is -1.60. The molecule has 21 heavy (non-hydrogen) atoms. The molecule has 0 amide bonds. The largest absolute Gasteiger partial charge is 0.313 e. The van der Waals surface area contributed by atoms with Gasteiger partial charge < -0.3 is 5.32 Å². The highest BCUT2D eigenvalue weighted by molar-refractivity contribution is 5.63. The van der Waals surface area contributed by atoms with Gasteiger partial charge in [-0.15, -0.1) is 0 Å². The van der Waals surface area contributed by atoms with E-state index in [1.165, 1.54) is 42.4 Å². The van der Waals surface area contributed by atoms with E-state index in [0.717, 1.165) is 6.54 Å². The van der Waals surface area contributed by atoms with Crippen LogP contribution in [0.15, 0.2) is 54.6 Å². The van der Waals surface area contributed by atoms with Crippen LogP contribution in [0.3, 0.4) is 0 Å². The number of nitrogens with one attached hydrogen (secondary N) is 1. The fourth-order valence-corrected chi connectivity index (χ4v) is 3.49. The van der Waals surface area contributed by atoms with Crippen molar-refractivity contribution in [2.45, 2.75) is 44.6 Å². The monoisotopic (exact) mass is 279 g/mol. The third kappa shape index (κ3) is 3.36. The molecule has 110 valence electrons. The van der Waals surface area contributed by atoms with Gasteiger partial charge in [0.2, 0.25) is 0 Å². The van der Waals surface area contributed by atoms with Crippen LogP contribution in [-0.4, -0.2) is 12.6 Å². The molecule has 1 nitrogen and oxygen atoms in total. The quantitative estimate of drug-likeness (QED) is 0.813. The summed E-state index contributed by atoms with van der Waals surface area (Å²) < 4.78 is 0. The number of benzene rings is 2. The lowest BCUT2D eigenvalue weighted by Gasteiger charge is -2.21. The highest BCUT2D eigenvalue weighted by Gasteiger charge is 2.27. The van der Waals surface area contributed by atoms with Crippen LogP contribution in [0.4, 0.5) is 0 Å². The first-order valence-electron chi connectivity index (χ1n) is 8.27. The zero-order valence-electron chi connectivity index (χ0n) is 12.9. The average Bonchev–Trinajstić information content (AvgIpc) is 3.02. The van der Waals surface area contributed by atoms with Crippen molar-refractivity contribution < 1.29 is 0 Å². The van der Waals surface area contributed by atoms with Crippen molar-refractivity contribution in [2.24, 2.45) is 0 Å². The van der Waals surface area contributed by atoms with Gasteiger partial charge in [0.05, 0.1) is 0 Å². The summed E-state index contributed by atoms with van der Waals surface area (Å²) in [5.74, 6) is 0.696. The minimum absolute atomic E-state index is 0.674. The van der Waals surface area contributed by atoms with Gasteiger partial charge in [-0.2, -0.15) is 0 Å². The second-order valence-corrected chi connectivity index (χ2v) is 6.09. The Morgan fingerprint density at radius 1 is 0.905 bits per heavy atom. The van der Waals surface area contributed by atoms with E-state index in [-0.39, 0.29) is 0 Å². The SMILES string of the molecule is CCCNC1CCCC1c1ccc(-c2ccccc2)cc1. The van der Waals surface area contributed by atoms with E-state index in [2.05, 4.69) is 66.8 Å². The Bertz CT molecular complexity index is 544. The van der Waals surface area contributed by atoms with Crippen molar-refractivity contribution in [3.63, 3.8) is 0 Å². The highest BCUT2D eigenvalue weighted by atomic mass is 14.9. The fraction of sp³-hybridized carbons (Fsp3) is 0.400. The second kappa shape index (κ2) is 6.91. The average molecular weight is 279 g/mol. The van der Waals surface area contributed by atoms with Crippen molar-refractivity contribution in [3.05, 3.63) is 60.2 Å². The van der Waals surface area contributed by atoms with E-state index in [4.69, 9.17) is 0 Å². The lowest BCUT2D eigenvalue weighted by atomic mass is 9.92. The van der Waals surface area contributed by atoms with E-state index in [1.807, 2.05) is 0 Å². The molecule has 1 aliphatic rings. The van der Waals surface area contributed by atoms with Crippen LogP contribution in [0.1, 0.15) is 44.1 Å². The normalized spacial score (nSPS) is 21.6. The van der Waals surface area contributed by atoms with Crippen LogP contribution in [0, 0.1) is 0 Å². The van der Waals surface area contributed by atoms with E-state index in [0.29, 0.717) is 12.0 Å². The van der Waals surface area contributed by atoms with Gasteiger partial charge in [0.25, 0.3) is 0 Å². The van der Waals surface area contributed by atoms with Crippen LogP contribution in [-0.2, 0) is 0 Å². The van der Waals surface area contributed by atoms with Crippen molar-refractivity contribution >= 4 is 0 Å². The third-order valence-electron chi connectivity index (χ3n) is 4.62. The van der Waals surface area contributed by atoms with Crippen molar-refractivity contribution in [2.75, 3.05) is 6.54 Å². The summed E-state index contributed by atoms with van der Waals surface area (Å²) in [7, 11) is 0.